The van der Waals surface area contributed by atoms with Crippen LogP contribution in [0.5, 0.6) is 0 Å². The quantitative estimate of drug-likeness (QED) is 0.727. The van der Waals surface area contributed by atoms with E-state index in [0.717, 1.165) is 12.0 Å². The molecule has 4 nitrogen and oxygen atoms in total. The van der Waals surface area contributed by atoms with Gasteiger partial charge in [-0.25, -0.2) is 0 Å². The molecule has 0 aliphatic heterocycles. The van der Waals surface area contributed by atoms with Crippen LogP contribution in [-0.2, 0) is 7.05 Å². The monoisotopic (exact) mass is 197 g/mol. The van der Waals surface area contributed by atoms with E-state index < -0.39 is 0 Å². The minimum atomic E-state index is 0.103. The molecular formula is C10H19N3O. The van der Waals surface area contributed by atoms with Crippen LogP contribution in [0.3, 0.4) is 0 Å². The van der Waals surface area contributed by atoms with Crippen LogP contribution < -0.4 is 5.73 Å². The molecular weight excluding hydrogens is 178 g/mol. The number of hydrogen-bond acceptors (Lipinski definition) is 3. The van der Waals surface area contributed by atoms with Crippen LogP contribution in [0.2, 0.25) is 0 Å². The van der Waals surface area contributed by atoms with E-state index in [1.807, 2.05) is 19.4 Å². The van der Waals surface area contributed by atoms with E-state index in [0.29, 0.717) is 6.42 Å². The van der Waals surface area contributed by atoms with Gasteiger partial charge in [0.1, 0.15) is 0 Å². The van der Waals surface area contributed by atoms with Crippen LogP contribution in [0.15, 0.2) is 12.4 Å². The number of hydrogen-bond donors (Lipinski definition) is 2. The Bertz CT molecular complexity index is 272. The van der Waals surface area contributed by atoms with Crippen molar-refractivity contribution < 1.29 is 5.11 Å². The summed E-state index contributed by atoms with van der Waals surface area (Å²) in [5.41, 5.74) is 7.12. The summed E-state index contributed by atoms with van der Waals surface area (Å²) < 4.78 is 1.77. The van der Waals surface area contributed by atoms with Crippen molar-refractivity contribution in [3.63, 3.8) is 0 Å². The number of aliphatic hydroxyl groups is 1. The molecule has 0 saturated carbocycles. The minimum Gasteiger partial charge on any atom is -0.396 e. The van der Waals surface area contributed by atoms with E-state index in [4.69, 9.17) is 10.8 Å². The molecule has 0 bridgehead atoms. The summed E-state index contributed by atoms with van der Waals surface area (Å²) in [5, 5.41) is 13.1. The number of rotatable bonds is 5. The molecule has 80 valence electrons. The zero-order valence-corrected chi connectivity index (χ0v) is 8.85. The maximum atomic E-state index is 8.97. The lowest BCUT2D eigenvalue weighted by molar-refractivity contribution is 0.266. The molecule has 0 spiro atoms. The van der Waals surface area contributed by atoms with Crippen molar-refractivity contribution in [3.05, 3.63) is 18.0 Å². The molecule has 3 N–H and O–H groups in total. The first-order valence-corrected chi connectivity index (χ1v) is 5.04. The van der Waals surface area contributed by atoms with E-state index in [2.05, 4.69) is 12.0 Å². The molecule has 2 atom stereocenters. The van der Waals surface area contributed by atoms with Gasteiger partial charge in [0.05, 0.1) is 6.20 Å². The Kier molecular flexibility index (Phi) is 4.10. The Morgan fingerprint density at radius 3 is 2.79 bits per heavy atom. The van der Waals surface area contributed by atoms with Gasteiger partial charge in [0.25, 0.3) is 0 Å². The van der Waals surface area contributed by atoms with E-state index in [1.165, 1.54) is 0 Å². The Balaban J connectivity index is 2.76. The zero-order valence-electron chi connectivity index (χ0n) is 8.85. The van der Waals surface area contributed by atoms with Gasteiger partial charge in [-0.1, -0.05) is 6.92 Å². The highest BCUT2D eigenvalue weighted by atomic mass is 16.3. The van der Waals surface area contributed by atoms with Gasteiger partial charge in [-0.2, -0.15) is 5.10 Å². The number of nitrogens with zero attached hydrogens (tertiary/aromatic N) is 2. The van der Waals surface area contributed by atoms with Crippen LogP contribution in [0.4, 0.5) is 0 Å². The van der Waals surface area contributed by atoms with Gasteiger partial charge in [0, 0.05) is 31.8 Å². The van der Waals surface area contributed by atoms with Gasteiger partial charge >= 0.3 is 0 Å². The summed E-state index contributed by atoms with van der Waals surface area (Å²) >= 11 is 0. The van der Waals surface area contributed by atoms with Crippen molar-refractivity contribution in [1.29, 1.82) is 0 Å². The number of nitrogens with two attached hydrogens (primary N) is 1. The van der Waals surface area contributed by atoms with E-state index >= 15 is 0 Å². The average molecular weight is 197 g/mol. The summed E-state index contributed by atoms with van der Waals surface area (Å²) in [5.74, 6) is 0.221. The van der Waals surface area contributed by atoms with E-state index in [-0.39, 0.29) is 18.6 Å². The molecule has 1 rings (SSSR count). The average Bonchev–Trinajstić information content (AvgIpc) is 2.60. The van der Waals surface area contributed by atoms with Crippen LogP contribution >= 0.6 is 0 Å². The SMILES string of the molecule is CCC(N)C(CCO)c1cnn(C)c1. The molecule has 1 aromatic rings. The first kappa shape index (κ1) is 11.2. The normalized spacial score (nSPS) is 15.4. The second-order valence-corrected chi connectivity index (χ2v) is 3.64. The maximum absolute atomic E-state index is 8.97. The molecule has 0 amide bonds. The highest BCUT2D eigenvalue weighted by molar-refractivity contribution is 5.13. The minimum absolute atomic E-state index is 0.103. The molecule has 0 saturated heterocycles. The fourth-order valence-electron chi connectivity index (χ4n) is 1.68. The van der Waals surface area contributed by atoms with Crippen molar-refractivity contribution in [2.75, 3.05) is 6.61 Å². The fourth-order valence-corrected chi connectivity index (χ4v) is 1.68. The molecule has 4 heteroatoms. The molecule has 0 radical (unpaired) electrons. The second kappa shape index (κ2) is 5.12. The predicted molar refractivity (Wildman–Crippen MR) is 55.9 cm³/mol. The van der Waals surface area contributed by atoms with Gasteiger partial charge in [-0.15, -0.1) is 0 Å². The summed E-state index contributed by atoms with van der Waals surface area (Å²) in [4.78, 5) is 0. The first-order chi connectivity index (χ1) is 6.69. The molecule has 1 heterocycles. The lowest BCUT2D eigenvalue weighted by Gasteiger charge is -2.20. The number of aryl methyl sites for hydroxylation is 1. The van der Waals surface area contributed by atoms with Crippen molar-refractivity contribution in [3.8, 4) is 0 Å². The Morgan fingerprint density at radius 2 is 2.36 bits per heavy atom. The largest absolute Gasteiger partial charge is 0.396 e. The Labute approximate surface area is 84.7 Å². The summed E-state index contributed by atoms with van der Waals surface area (Å²) in [6.07, 6.45) is 5.42. The summed E-state index contributed by atoms with van der Waals surface area (Å²) in [6.45, 7) is 2.23. The van der Waals surface area contributed by atoms with Crippen LogP contribution in [0.25, 0.3) is 0 Å². The summed E-state index contributed by atoms with van der Waals surface area (Å²) in [6, 6.07) is 0.103. The third-order valence-corrected chi connectivity index (χ3v) is 2.58. The topological polar surface area (TPSA) is 64.1 Å². The van der Waals surface area contributed by atoms with Crippen LogP contribution in [0.1, 0.15) is 31.2 Å². The highest BCUT2D eigenvalue weighted by Crippen LogP contribution is 2.23. The lowest BCUT2D eigenvalue weighted by Crippen LogP contribution is -2.28. The maximum Gasteiger partial charge on any atom is 0.0525 e. The summed E-state index contributed by atoms with van der Waals surface area (Å²) in [7, 11) is 1.89. The molecule has 0 aliphatic carbocycles. The van der Waals surface area contributed by atoms with Crippen molar-refractivity contribution in [1.82, 2.24) is 9.78 Å². The van der Waals surface area contributed by atoms with Gasteiger partial charge in [0.15, 0.2) is 0 Å². The van der Waals surface area contributed by atoms with Crippen LogP contribution in [0, 0.1) is 0 Å². The van der Waals surface area contributed by atoms with Crippen molar-refractivity contribution >= 4 is 0 Å². The molecule has 2 unspecified atom stereocenters. The molecule has 1 aromatic heterocycles. The van der Waals surface area contributed by atoms with Crippen molar-refractivity contribution in [2.45, 2.75) is 31.7 Å². The Hall–Kier alpha value is -0.870. The third-order valence-electron chi connectivity index (χ3n) is 2.58. The zero-order chi connectivity index (χ0) is 10.6. The van der Waals surface area contributed by atoms with Crippen molar-refractivity contribution in [2.24, 2.45) is 12.8 Å². The van der Waals surface area contributed by atoms with E-state index in [1.54, 1.807) is 4.68 Å². The number of aromatic nitrogens is 2. The Morgan fingerprint density at radius 1 is 1.64 bits per heavy atom. The van der Waals surface area contributed by atoms with Gasteiger partial charge in [0.2, 0.25) is 0 Å². The molecule has 0 fully saturated rings. The van der Waals surface area contributed by atoms with Crippen LogP contribution in [-0.4, -0.2) is 27.5 Å². The lowest BCUT2D eigenvalue weighted by atomic mass is 9.90. The third kappa shape index (κ3) is 2.56. The molecule has 14 heavy (non-hydrogen) atoms. The van der Waals surface area contributed by atoms with Gasteiger partial charge in [-0.3, -0.25) is 4.68 Å². The highest BCUT2D eigenvalue weighted by Gasteiger charge is 2.19. The first-order valence-electron chi connectivity index (χ1n) is 5.04. The smallest absolute Gasteiger partial charge is 0.0525 e. The fraction of sp³-hybridized carbons (Fsp3) is 0.700. The predicted octanol–water partition coefficient (Wildman–Crippen LogP) is 0.623. The molecule has 0 aromatic carbocycles. The number of aliphatic hydroxyl groups excluding tert-OH is 1. The molecule has 0 aliphatic rings. The second-order valence-electron chi connectivity index (χ2n) is 3.64. The van der Waals surface area contributed by atoms with Gasteiger partial charge < -0.3 is 10.8 Å². The van der Waals surface area contributed by atoms with E-state index in [9.17, 15) is 0 Å². The standard InChI is InChI=1S/C10H19N3O/c1-3-10(11)9(4-5-14)8-6-12-13(2)7-8/h6-7,9-10,14H,3-5,11H2,1-2H3. The van der Waals surface area contributed by atoms with Gasteiger partial charge in [-0.05, 0) is 18.4 Å².